The number of carbonyl (C=O) groups is 1. The molecule has 0 radical (unpaired) electrons. The van der Waals surface area contributed by atoms with Crippen LogP contribution in [0.5, 0.6) is 5.75 Å². The van der Waals surface area contributed by atoms with Crippen LogP contribution in [0.3, 0.4) is 0 Å². The average Bonchev–Trinajstić information content (AvgIpc) is 3.04. The molecule has 1 atom stereocenters. The number of nitrogens with zero attached hydrogens (tertiary/aromatic N) is 3. The molecule has 0 spiro atoms. The molecule has 1 saturated heterocycles. The number of benzene rings is 1. The lowest BCUT2D eigenvalue weighted by molar-refractivity contribution is -0.130. The summed E-state index contributed by atoms with van der Waals surface area (Å²) in [5.74, 6) is 1.81. The number of hydrogen-bond acceptors (Lipinski definition) is 7. The van der Waals surface area contributed by atoms with Gasteiger partial charge in [-0.2, -0.15) is 0 Å². The highest BCUT2D eigenvalue weighted by atomic mass is 32.2. The van der Waals surface area contributed by atoms with Crippen molar-refractivity contribution in [2.45, 2.75) is 24.1 Å². The lowest BCUT2D eigenvalue weighted by Gasteiger charge is -2.32. The minimum Gasteiger partial charge on any atom is -0.493 e. The van der Waals surface area contributed by atoms with Crippen molar-refractivity contribution in [1.29, 1.82) is 0 Å². The monoisotopic (exact) mass is 378 g/mol. The summed E-state index contributed by atoms with van der Waals surface area (Å²) in [7, 11) is 0. The van der Waals surface area contributed by atoms with Crippen LogP contribution in [0.15, 0.2) is 28.6 Å². The van der Waals surface area contributed by atoms with E-state index in [1.54, 1.807) is 0 Å². The van der Waals surface area contributed by atoms with Crippen molar-refractivity contribution in [1.82, 2.24) is 15.1 Å². The summed E-state index contributed by atoms with van der Waals surface area (Å²) in [5.41, 5.74) is 6.70. The third-order valence-corrected chi connectivity index (χ3v) is 6.05. The molecule has 1 amide bonds. The molecule has 1 fully saturated rings. The van der Waals surface area contributed by atoms with Crippen LogP contribution in [-0.4, -0.2) is 46.5 Å². The second-order valence-electron chi connectivity index (χ2n) is 6.12. The van der Waals surface area contributed by atoms with E-state index in [4.69, 9.17) is 10.5 Å². The standard InChI is InChI=1S/C17H22N4O2S2/c1-12-5-2-3-7-14(12)23-10-13-6-4-8-21(9-13)15(22)11-24-17-20-19-16(18)25-17/h2-3,5,7,13H,4,6,8-11H2,1H3,(H2,18,19)/t13-/m0/s1. The van der Waals surface area contributed by atoms with Crippen molar-refractivity contribution < 1.29 is 9.53 Å². The number of nitrogens with two attached hydrogens (primary N) is 1. The van der Waals surface area contributed by atoms with Gasteiger partial charge in [0.15, 0.2) is 4.34 Å². The highest BCUT2D eigenvalue weighted by Gasteiger charge is 2.24. The molecule has 0 aliphatic carbocycles. The van der Waals surface area contributed by atoms with Crippen LogP contribution >= 0.6 is 23.1 Å². The second kappa shape index (κ2) is 8.53. The Balaban J connectivity index is 1.47. The van der Waals surface area contributed by atoms with Gasteiger partial charge in [-0.3, -0.25) is 4.79 Å². The van der Waals surface area contributed by atoms with Gasteiger partial charge < -0.3 is 15.4 Å². The summed E-state index contributed by atoms with van der Waals surface area (Å²) in [4.78, 5) is 14.4. The van der Waals surface area contributed by atoms with E-state index >= 15 is 0 Å². The Bertz CT molecular complexity index is 722. The van der Waals surface area contributed by atoms with E-state index in [1.165, 1.54) is 23.1 Å². The SMILES string of the molecule is Cc1ccccc1OC[C@H]1CCCN(C(=O)CSc2nnc(N)s2)C1. The molecule has 0 unspecified atom stereocenters. The van der Waals surface area contributed by atoms with Crippen LogP contribution in [0.1, 0.15) is 18.4 Å². The zero-order chi connectivity index (χ0) is 17.6. The van der Waals surface area contributed by atoms with Gasteiger partial charge in [-0.25, -0.2) is 0 Å². The Morgan fingerprint density at radius 2 is 2.28 bits per heavy atom. The number of hydrogen-bond donors (Lipinski definition) is 1. The second-order valence-corrected chi connectivity index (χ2v) is 8.35. The van der Waals surface area contributed by atoms with Gasteiger partial charge in [0, 0.05) is 19.0 Å². The van der Waals surface area contributed by atoms with Crippen molar-refractivity contribution in [2.24, 2.45) is 5.92 Å². The van der Waals surface area contributed by atoms with Gasteiger partial charge in [0.25, 0.3) is 0 Å². The molecule has 2 heterocycles. The molecule has 134 valence electrons. The lowest BCUT2D eigenvalue weighted by Crippen LogP contribution is -2.42. The van der Waals surface area contributed by atoms with Gasteiger partial charge in [0.2, 0.25) is 11.0 Å². The maximum atomic E-state index is 12.4. The van der Waals surface area contributed by atoms with Gasteiger partial charge >= 0.3 is 0 Å². The Morgan fingerprint density at radius 3 is 3.04 bits per heavy atom. The topological polar surface area (TPSA) is 81.3 Å². The number of carbonyl (C=O) groups excluding carboxylic acids is 1. The lowest BCUT2D eigenvalue weighted by atomic mass is 9.99. The zero-order valence-corrected chi connectivity index (χ0v) is 15.8. The molecule has 8 heteroatoms. The first-order valence-electron chi connectivity index (χ1n) is 8.30. The average molecular weight is 379 g/mol. The number of aryl methyl sites for hydroxylation is 1. The molecule has 0 saturated carbocycles. The summed E-state index contributed by atoms with van der Waals surface area (Å²) in [6.07, 6.45) is 2.11. The Hall–Kier alpha value is -1.80. The van der Waals surface area contributed by atoms with Crippen molar-refractivity contribution in [3.05, 3.63) is 29.8 Å². The predicted molar refractivity (Wildman–Crippen MR) is 101 cm³/mol. The first-order chi connectivity index (χ1) is 12.1. The van der Waals surface area contributed by atoms with Crippen molar-refractivity contribution in [2.75, 3.05) is 31.2 Å². The minimum atomic E-state index is 0.138. The van der Waals surface area contributed by atoms with E-state index in [2.05, 4.69) is 10.2 Å². The number of anilines is 1. The molecule has 1 aliphatic rings. The fourth-order valence-corrected chi connectivity index (χ4v) is 4.39. The Labute approximate surface area is 155 Å². The molecule has 1 aliphatic heterocycles. The number of likely N-dealkylation sites (tertiary alicyclic amines) is 1. The van der Waals surface area contributed by atoms with E-state index in [9.17, 15) is 4.79 Å². The number of amides is 1. The Kier molecular flexibility index (Phi) is 6.14. The van der Waals surface area contributed by atoms with Crippen molar-refractivity contribution >= 4 is 34.1 Å². The van der Waals surface area contributed by atoms with Crippen LogP contribution in [-0.2, 0) is 4.79 Å². The number of nitrogen functional groups attached to an aromatic ring is 1. The number of aromatic nitrogens is 2. The summed E-state index contributed by atoms with van der Waals surface area (Å²) in [6, 6.07) is 8.03. The quantitative estimate of drug-likeness (QED) is 0.779. The molecule has 2 N–H and O–H groups in total. The van der Waals surface area contributed by atoms with E-state index in [0.29, 0.717) is 23.4 Å². The third-order valence-electron chi connectivity index (χ3n) is 4.18. The smallest absolute Gasteiger partial charge is 0.233 e. The maximum absolute atomic E-state index is 12.4. The van der Waals surface area contributed by atoms with Gasteiger partial charge in [0.05, 0.1) is 12.4 Å². The molecule has 6 nitrogen and oxygen atoms in total. The van der Waals surface area contributed by atoms with Crippen LogP contribution in [0, 0.1) is 12.8 Å². The van der Waals surface area contributed by atoms with Gasteiger partial charge in [-0.05, 0) is 31.4 Å². The van der Waals surface area contributed by atoms with Crippen LogP contribution in [0.4, 0.5) is 5.13 Å². The molecular formula is C17H22N4O2S2. The van der Waals surface area contributed by atoms with Crippen LogP contribution in [0.2, 0.25) is 0 Å². The molecule has 1 aromatic carbocycles. The highest BCUT2D eigenvalue weighted by molar-refractivity contribution is 8.01. The Morgan fingerprint density at radius 1 is 1.44 bits per heavy atom. The molecular weight excluding hydrogens is 356 g/mol. The summed E-state index contributed by atoms with van der Waals surface area (Å²) in [5, 5.41) is 8.13. The fourth-order valence-electron chi connectivity index (χ4n) is 2.85. The van der Waals surface area contributed by atoms with E-state index in [0.717, 1.165) is 41.6 Å². The van der Waals surface area contributed by atoms with Crippen molar-refractivity contribution in [3.63, 3.8) is 0 Å². The molecule has 0 bridgehead atoms. The maximum Gasteiger partial charge on any atom is 0.233 e. The fraction of sp³-hybridized carbons (Fsp3) is 0.471. The third kappa shape index (κ3) is 5.09. The van der Waals surface area contributed by atoms with Crippen molar-refractivity contribution in [3.8, 4) is 5.75 Å². The number of thioether (sulfide) groups is 1. The predicted octanol–water partition coefficient (Wildman–Crippen LogP) is 2.84. The van der Waals surface area contributed by atoms with Crippen LogP contribution in [0.25, 0.3) is 0 Å². The van der Waals surface area contributed by atoms with Gasteiger partial charge in [0.1, 0.15) is 5.75 Å². The largest absolute Gasteiger partial charge is 0.493 e. The first kappa shape index (κ1) is 18.0. The van der Waals surface area contributed by atoms with Gasteiger partial charge in [-0.1, -0.05) is 41.3 Å². The summed E-state index contributed by atoms with van der Waals surface area (Å²) < 4.78 is 6.70. The molecule has 1 aromatic heterocycles. The number of para-hydroxylation sites is 1. The number of piperidine rings is 1. The summed E-state index contributed by atoms with van der Waals surface area (Å²) in [6.45, 7) is 4.26. The first-order valence-corrected chi connectivity index (χ1v) is 10.1. The van der Waals surface area contributed by atoms with E-state index in [1.807, 2.05) is 36.1 Å². The molecule has 25 heavy (non-hydrogen) atoms. The van der Waals surface area contributed by atoms with Crippen LogP contribution < -0.4 is 10.5 Å². The van der Waals surface area contributed by atoms with Gasteiger partial charge in [-0.15, -0.1) is 10.2 Å². The van der Waals surface area contributed by atoms with E-state index < -0.39 is 0 Å². The normalized spacial score (nSPS) is 17.5. The minimum absolute atomic E-state index is 0.138. The zero-order valence-electron chi connectivity index (χ0n) is 14.2. The molecule has 3 rings (SSSR count). The summed E-state index contributed by atoms with van der Waals surface area (Å²) >= 11 is 2.71. The highest BCUT2D eigenvalue weighted by Crippen LogP contribution is 2.25. The number of rotatable bonds is 6. The molecule has 2 aromatic rings. The van der Waals surface area contributed by atoms with E-state index in [-0.39, 0.29) is 5.91 Å². The number of ether oxygens (including phenoxy) is 1.